The van der Waals surface area contributed by atoms with E-state index in [0.717, 1.165) is 5.69 Å². The van der Waals surface area contributed by atoms with Gasteiger partial charge in [-0.2, -0.15) is 13.2 Å². The van der Waals surface area contributed by atoms with E-state index in [0.29, 0.717) is 0 Å². The molecule has 0 spiro atoms. The molecule has 3 nitrogen and oxygen atoms in total. The lowest BCUT2D eigenvalue weighted by Crippen LogP contribution is -2.25. The first kappa shape index (κ1) is 14.2. The first-order chi connectivity index (χ1) is 8.21. The molecule has 0 aliphatic heterocycles. The van der Waals surface area contributed by atoms with Crippen LogP contribution in [-0.2, 0) is 4.79 Å². The van der Waals surface area contributed by atoms with Gasteiger partial charge in [0.15, 0.2) is 5.78 Å². The van der Waals surface area contributed by atoms with Crippen molar-refractivity contribution in [1.29, 1.82) is 0 Å². The van der Waals surface area contributed by atoms with Gasteiger partial charge >= 0.3 is 6.18 Å². The van der Waals surface area contributed by atoms with Crippen LogP contribution in [0.4, 0.5) is 18.9 Å². The van der Waals surface area contributed by atoms with Gasteiger partial charge in [-0.1, -0.05) is 0 Å². The normalized spacial score (nSPS) is 11.2. The van der Waals surface area contributed by atoms with Crippen molar-refractivity contribution in [3.8, 4) is 0 Å². The minimum atomic E-state index is -4.96. The smallest absolute Gasteiger partial charge is 0.378 e. The van der Waals surface area contributed by atoms with E-state index in [2.05, 4.69) is 0 Å². The van der Waals surface area contributed by atoms with E-state index in [1.807, 2.05) is 0 Å². The van der Waals surface area contributed by atoms with Crippen molar-refractivity contribution in [3.63, 3.8) is 0 Å². The molecule has 0 N–H and O–H groups in total. The maximum atomic E-state index is 12.0. The Morgan fingerprint density at radius 2 is 1.61 bits per heavy atom. The molecule has 0 aromatic heterocycles. The van der Waals surface area contributed by atoms with Gasteiger partial charge in [-0.15, -0.1) is 0 Å². The van der Waals surface area contributed by atoms with Crippen molar-refractivity contribution in [3.05, 3.63) is 29.8 Å². The van der Waals surface area contributed by atoms with E-state index in [-0.39, 0.29) is 5.56 Å². The van der Waals surface area contributed by atoms with E-state index in [9.17, 15) is 22.8 Å². The number of Topliss-reactive ketones (excluding diaryl/α,β-unsaturated/α-hetero) is 2. The molecule has 1 aromatic rings. The molecule has 1 rings (SSSR count). The van der Waals surface area contributed by atoms with E-state index in [1.54, 1.807) is 31.1 Å². The lowest BCUT2D eigenvalue weighted by atomic mass is 10.1. The molecule has 1 aromatic carbocycles. The quantitative estimate of drug-likeness (QED) is 0.615. The molecule has 18 heavy (non-hydrogen) atoms. The topological polar surface area (TPSA) is 37.4 Å². The summed E-state index contributed by atoms with van der Waals surface area (Å²) < 4.78 is 36.0. The van der Waals surface area contributed by atoms with Gasteiger partial charge in [0.05, 0.1) is 6.42 Å². The summed E-state index contributed by atoms with van der Waals surface area (Å²) in [5, 5.41) is 0. The van der Waals surface area contributed by atoms with Crippen LogP contribution in [0.5, 0.6) is 0 Å². The van der Waals surface area contributed by atoms with Crippen molar-refractivity contribution < 1.29 is 22.8 Å². The third kappa shape index (κ3) is 3.58. The molecule has 0 aliphatic carbocycles. The van der Waals surface area contributed by atoms with Crippen LogP contribution in [0.2, 0.25) is 0 Å². The number of hydrogen-bond donors (Lipinski definition) is 0. The molecule has 0 amide bonds. The van der Waals surface area contributed by atoms with Gasteiger partial charge in [-0.3, -0.25) is 9.59 Å². The van der Waals surface area contributed by atoms with Gasteiger partial charge in [0.25, 0.3) is 0 Å². The fourth-order valence-electron chi connectivity index (χ4n) is 1.29. The summed E-state index contributed by atoms with van der Waals surface area (Å²) in [6.07, 6.45) is -6.11. The fourth-order valence-corrected chi connectivity index (χ4v) is 1.29. The first-order valence-corrected chi connectivity index (χ1v) is 5.12. The monoisotopic (exact) mass is 259 g/mol. The second-order valence-corrected chi connectivity index (χ2v) is 3.96. The van der Waals surface area contributed by atoms with Crippen LogP contribution in [0, 0.1) is 0 Å². The number of rotatable bonds is 4. The second kappa shape index (κ2) is 5.20. The Bertz CT molecular complexity index is 449. The van der Waals surface area contributed by atoms with Gasteiger partial charge in [0.1, 0.15) is 0 Å². The van der Waals surface area contributed by atoms with Crippen molar-refractivity contribution >= 4 is 17.3 Å². The van der Waals surface area contributed by atoms with E-state index >= 15 is 0 Å². The van der Waals surface area contributed by atoms with Crippen LogP contribution in [0.15, 0.2) is 24.3 Å². The van der Waals surface area contributed by atoms with Crippen LogP contribution in [-0.4, -0.2) is 31.8 Å². The summed E-state index contributed by atoms with van der Waals surface area (Å²) in [5.41, 5.74) is 0.909. The summed E-state index contributed by atoms with van der Waals surface area (Å²) >= 11 is 0. The first-order valence-electron chi connectivity index (χ1n) is 5.12. The molecular formula is C12H12F3NO2. The van der Waals surface area contributed by atoms with E-state index in [1.165, 1.54) is 12.1 Å². The van der Waals surface area contributed by atoms with Gasteiger partial charge in [-0.25, -0.2) is 0 Å². The number of hydrogen-bond acceptors (Lipinski definition) is 3. The molecule has 0 radical (unpaired) electrons. The second-order valence-electron chi connectivity index (χ2n) is 3.96. The maximum Gasteiger partial charge on any atom is 0.450 e. The van der Waals surface area contributed by atoms with Gasteiger partial charge < -0.3 is 4.90 Å². The zero-order valence-electron chi connectivity index (χ0n) is 9.91. The minimum Gasteiger partial charge on any atom is -0.378 e. The summed E-state index contributed by atoms with van der Waals surface area (Å²) in [5.74, 6) is -2.85. The van der Waals surface area contributed by atoms with Crippen LogP contribution < -0.4 is 4.90 Å². The van der Waals surface area contributed by atoms with Gasteiger partial charge in [-0.05, 0) is 24.3 Å². The van der Waals surface area contributed by atoms with E-state index < -0.39 is 24.2 Å². The lowest BCUT2D eigenvalue weighted by molar-refractivity contribution is -0.170. The molecule has 0 heterocycles. The molecule has 0 atom stereocenters. The number of alkyl halides is 3. The molecular weight excluding hydrogens is 247 g/mol. The molecule has 0 aliphatic rings. The van der Waals surface area contributed by atoms with Crippen LogP contribution >= 0.6 is 0 Å². The Kier molecular flexibility index (Phi) is 4.11. The highest BCUT2D eigenvalue weighted by atomic mass is 19.4. The fraction of sp³-hybridized carbons (Fsp3) is 0.333. The number of nitrogens with zero attached hydrogens (tertiary/aromatic N) is 1. The Morgan fingerprint density at radius 3 is 2.00 bits per heavy atom. The molecule has 0 fully saturated rings. The number of anilines is 1. The number of carbonyl (C=O) groups excluding carboxylic acids is 2. The summed E-state index contributed by atoms with van der Waals surface area (Å²) in [4.78, 5) is 23.9. The third-order valence-corrected chi connectivity index (χ3v) is 2.34. The molecule has 0 saturated heterocycles. The molecule has 98 valence electrons. The van der Waals surface area contributed by atoms with Gasteiger partial charge in [0.2, 0.25) is 5.78 Å². The molecule has 0 bridgehead atoms. The average Bonchev–Trinajstić information content (AvgIpc) is 2.27. The van der Waals surface area contributed by atoms with Crippen LogP contribution in [0.25, 0.3) is 0 Å². The standard InChI is InChI=1S/C12H12F3NO2/c1-16(2)9-5-3-8(4-6-9)10(17)7-11(18)12(13,14)15/h3-6H,7H2,1-2H3. The number of halogens is 3. The van der Waals surface area contributed by atoms with Crippen molar-refractivity contribution in [2.24, 2.45) is 0 Å². The Hall–Kier alpha value is -1.85. The number of benzene rings is 1. The van der Waals surface area contributed by atoms with Crippen LogP contribution in [0.3, 0.4) is 0 Å². The zero-order chi connectivity index (χ0) is 13.9. The molecule has 0 unspecified atom stereocenters. The highest BCUT2D eigenvalue weighted by Gasteiger charge is 2.39. The summed E-state index contributed by atoms with van der Waals surface area (Å²) in [6, 6.07) is 6.01. The molecule has 0 saturated carbocycles. The maximum absolute atomic E-state index is 12.0. The Morgan fingerprint density at radius 1 is 1.11 bits per heavy atom. The molecule has 6 heteroatoms. The van der Waals surface area contributed by atoms with Crippen molar-refractivity contribution in [2.45, 2.75) is 12.6 Å². The summed E-state index contributed by atoms with van der Waals surface area (Å²) in [6.45, 7) is 0. The van der Waals surface area contributed by atoms with Gasteiger partial charge in [0, 0.05) is 25.3 Å². The van der Waals surface area contributed by atoms with E-state index in [4.69, 9.17) is 0 Å². The average molecular weight is 259 g/mol. The lowest BCUT2D eigenvalue weighted by Gasteiger charge is -2.12. The number of carbonyl (C=O) groups is 2. The van der Waals surface area contributed by atoms with Crippen molar-refractivity contribution in [2.75, 3.05) is 19.0 Å². The predicted molar refractivity (Wildman–Crippen MR) is 60.8 cm³/mol. The highest BCUT2D eigenvalue weighted by molar-refractivity contribution is 6.09. The highest BCUT2D eigenvalue weighted by Crippen LogP contribution is 2.20. The third-order valence-electron chi connectivity index (χ3n) is 2.34. The Balaban J connectivity index is 2.77. The predicted octanol–water partition coefficient (Wildman–Crippen LogP) is 2.46. The Labute approximate surface area is 102 Å². The SMILES string of the molecule is CN(C)c1ccc(C(=O)CC(=O)C(F)(F)F)cc1. The van der Waals surface area contributed by atoms with Crippen molar-refractivity contribution in [1.82, 2.24) is 0 Å². The summed E-state index contributed by atoms with van der Waals surface area (Å²) in [7, 11) is 3.59. The number of ketones is 2. The zero-order valence-corrected chi connectivity index (χ0v) is 9.91. The van der Waals surface area contributed by atoms with Crippen LogP contribution in [0.1, 0.15) is 16.8 Å². The minimum absolute atomic E-state index is 0.0956. The largest absolute Gasteiger partial charge is 0.450 e.